The minimum absolute atomic E-state index is 0.0437. The summed E-state index contributed by atoms with van der Waals surface area (Å²) in [6.45, 7) is 4.31. The van der Waals surface area contributed by atoms with Crippen molar-refractivity contribution in [2.75, 3.05) is 5.75 Å². The van der Waals surface area contributed by atoms with Gasteiger partial charge in [-0.05, 0) is 40.1 Å². The van der Waals surface area contributed by atoms with Crippen molar-refractivity contribution < 1.29 is 4.79 Å². The molecule has 0 bridgehead atoms. The van der Waals surface area contributed by atoms with E-state index in [0.29, 0.717) is 16.6 Å². The SMILES string of the molecule is CC(C)c1ccc(-n2nnnc2SCC(=O)c2c[nH]c3ccccc23)cc1. The number of hydrogen-bond acceptors (Lipinski definition) is 5. The summed E-state index contributed by atoms with van der Waals surface area (Å²) in [5.41, 5.74) is 3.79. The lowest BCUT2D eigenvalue weighted by Crippen LogP contribution is -2.04. The van der Waals surface area contributed by atoms with Crippen molar-refractivity contribution in [1.29, 1.82) is 0 Å². The Morgan fingerprint density at radius 1 is 1.15 bits per heavy atom. The van der Waals surface area contributed by atoms with E-state index >= 15 is 0 Å². The van der Waals surface area contributed by atoms with E-state index in [1.165, 1.54) is 17.3 Å². The first kappa shape index (κ1) is 17.5. The minimum atomic E-state index is 0.0437. The summed E-state index contributed by atoms with van der Waals surface area (Å²) in [4.78, 5) is 15.8. The molecule has 2 aromatic heterocycles. The summed E-state index contributed by atoms with van der Waals surface area (Å²) < 4.78 is 1.66. The first-order chi connectivity index (χ1) is 13.1. The van der Waals surface area contributed by atoms with E-state index in [1.807, 2.05) is 36.4 Å². The highest BCUT2D eigenvalue weighted by Gasteiger charge is 2.15. The fraction of sp³-hybridized carbons (Fsp3) is 0.200. The van der Waals surface area contributed by atoms with Gasteiger partial charge in [-0.2, -0.15) is 4.68 Å². The molecule has 0 saturated carbocycles. The fourth-order valence-electron chi connectivity index (χ4n) is 2.94. The van der Waals surface area contributed by atoms with E-state index in [9.17, 15) is 4.79 Å². The monoisotopic (exact) mass is 377 g/mol. The smallest absolute Gasteiger partial charge is 0.214 e. The molecule has 136 valence electrons. The second-order valence-corrected chi connectivity index (χ2v) is 7.52. The average Bonchev–Trinajstić information content (AvgIpc) is 3.33. The zero-order valence-electron chi connectivity index (χ0n) is 15.1. The van der Waals surface area contributed by atoms with Crippen molar-refractivity contribution in [3.8, 4) is 5.69 Å². The van der Waals surface area contributed by atoms with E-state index in [1.54, 1.807) is 10.9 Å². The molecule has 0 atom stereocenters. The molecule has 0 aliphatic heterocycles. The van der Waals surface area contributed by atoms with Gasteiger partial charge in [-0.3, -0.25) is 4.79 Å². The quantitative estimate of drug-likeness (QED) is 0.402. The topological polar surface area (TPSA) is 76.5 Å². The van der Waals surface area contributed by atoms with Crippen LogP contribution in [0.1, 0.15) is 35.7 Å². The lowest BCUT2D eigenvalue weighted by atomic mass is 10.0. The molecule has 0 spiro atoms. The Bertz CT molecular complexity index is 1080. The molecule has 0 aliphatic carbocycles. The second kappa shape index (κ2) is 7.36. The van der Waals surface area contributed by atoms with Crippen LogP contribution in [-0.2, 0) is 0 Å². The normalized spacial score (nSPS) is 11.4. The standard InChI is InChI=1S/C20H19N5OS/c1-13(2)14-7-9-15(10-8-14)25-20(22-23-24-25)27-12-19(26)17-11-21-18-6-4-3-5-16(17)18/h3-11,13,21H,12H2,1-2H3. The molecule has 4 aromatic rings. The Morgan fingerprint density at radius 2 is 1.93 bits per heavy atom. The van der Waals surface area contributed by atoms with Crippen molar-refractivity contribution in [2.24, 2.45) is 0 Å². The van der Waals surface area contributed by atoms with Gasteiger partial charge in [0.1, 0.15) is 0 Å². The molecule has 0 aliphatic rings. The summed E-state index contributed by atoms with van der Waals surface area (Å²) in [6.07, 6.45) is 1.77. The number of para-hydroxylation sites is 1. The van der Waals surface area contributed by atoms with Gasteiger partial charge in [0.05, 0.1) is 11.4 Å². The highest BCUT2D eigenvalue weighted by atomic mass is 32.2. The molecular weight excluding hydrogens is 358 g/mol. The van der Waals surface area contributed by atoms with Crippen molar-refractivity contribution in [2.45, 2.75) is 24.9 Å². The molecule has 7 heteroatoms. The molecule has 0 amide bonds. The number of thioether (sulfide) groups is 1. The number of nitrogens with zero attached hydrogens (tertiary/aromatic N) is 4. The minimum Gasteiger partial charge on any atom is -0.360 e. The maximum Gasteiger partial charge on any atom is 0.214 e. The first-order valence-corrected chi connectivity index (χ1v) is 9.73. The first-order valence-electron chi connectivity index (χ1n) is 8.74. The van der Waals surface area contributed by atoms with E-state index < -0.39 is 0 Å². The van der Waals surface area contributed by atoms with E-state index in [2.05, 4.69) is 46.5 Å². The van der Waals surface area contributed by atoms with Crippen LogP contribution in [0.25, 0.3) is 16.6 Å². The molecule has 0 radical (unpaired) electrons. The number of carbonyl (C=O) groups is 1. The van der Waals surface area contributed by atoms with Crippen molar-refractivity contribution in [3.05, 3.63) is 65.9 Å². The number of tetrazole rings is 1. The maximum absolute atomic E-state index is 12.7. The molecule has 1 N–H and O–H groups in total. The number of carbonyl (C=O) groups excluding carboxylic acids is 1. The van der Waals surface area contributed by atoms with Gasteiger partial charge in [-0.1, -0.05) is 55.9 Å². The molecule has 2 aromatic carbocycles. The molecule has 0 unspecified atom stereocenters. The van der Waals surface area contributed by atoms with Crippen LogP contribution >= 0.6 is 11.8 Å². The van der Waals surface area contributed by atoms with Crippen LogP contribution < -0.4 is 0 Å². The molecular formula is C20H19N5OS. The molecule has 0 fully saturated rings. The van der Waals surface area contributed by atoms with Crippen LogP contribution in [0.2, 0.25) is 0 Å². The summed E-state index contributed by atoms with van der Waals surface area (Å²) >= 11 is 1.34. The van der Waals surface area contributed by atoms with E-state index in [0.717, 1.165) is 16.6 Å². The zero-order valence-corrected chi connectivity index (χ0v) is 15.9. The summed E-state index contributed by atoms with van der Waals surface area (Å²) in [5, 5.41) is 13.4. The van der Waals surface area contributed by atoms with Crippen LogP contribution in [0.15, 0.2) is 59.9 Å². The Kier molecular flexibility index (Phi) is 4.77. The lowest BCUT2D eigenvalue weighted by molar-refractivity contribution is 0.102. The molecule has 27 heavy (non-hydrogen) atoms. The number of hydrogen-bond donors (Lipinski definition) is 1. The number of aromatic nitrogens is 5. The average molecular weight is 377 g/mol. The molecule has 4 rings (SSSR count). The second-order valence-electron chi connectivity index (χ2n) is 6.58. The Balaban J connectivity index is 1.51. The number of Topliss-reactive ketones (excluding diaryl/α,β-unsaturated/α-hetero) is 1. The Hall–Kier alpha value is -2.93. The summed E-state index contributed by atoms with van der Waals surface area (Å²) in [5.74, 6) is 0.782. The number of fused-ring (bicyclic) bond motifs is 1. The number of ketones is 1. The molecule has 0 saturated heterocycles. The van der Waals surface area contributed by atoms with Gasteiger partial charge >= 0.3 is 0 Å². The third kappa shape index (κ3) is 3.50. The van der Waals surface area contributed by atoms with Gasteiger partial charge in [-0.15, -0.1) is 5.10 Å². The highest BCUT2D eigenvalue weighted by molar-refractivity contribution is 7.99. The Labute approximate surface area is 161 Å². The van der Waals surface area contributed by atoms with Gasteiger partial charge in [0.2, 0.25) is 5.16 Å². The fourth-order valence-corrected chi connectivity index (χ4v) is 3.72. The predicted octanol–water partition coefficient (Wildman–Crippen LogP) is 4.24. The van der Waals surface area contributed by atoms with Crippen molar-refractivity contribution in [1.82, 2.24) is 25.2 Å². The van der Waals surface area contributed by atoms with Gasteiger partial charge in [0, 0.05) is 22.7 Å². The zero-order chi connectivity index (χ0) is 18.8. The number of nitrogens with one attached hydrogen (secondary N) is 1. The molecule has 6 nitrogen and oxygen atoms in total. The van der Waals surface area contributed by atoms with E-state index in [4.69, 9.17) is 0 Å². The number of benzene rings is 2. The number of H-pyrrole nitrogens is 1. The van der Waals surface area contributed by atoms with Crippen LogP contribution in [0.4, 0.5) is 0 Å². The maximum atomic E-state index is 12.7. The Morgan fingerprint density at radius 3 is 2.70 bits per heavy atom. The third-order valence-corrected chi connectivity index (χ3v) is 5.39. The van der Waals surface area contributed by atoms with Crippen molar-refractivity contribution in [3.63, 3.8) is 0 Å². The predicted molar refractivity (Wildman–Crippen MR) is 107 cm³/mol. The third-order valence-electron chi connectivity index (χ3n) is 4.47. The van der Waals surface area contributed by atoms with Crippen molar-refractivity contribution >= 4 is 28.4 Å². The number of rotatable bonds is 6. The van der Waals surface area contributed by atoms with E-state index in [-0.39, 0.29) is 11.5 Å². The largest absolute Gasteiger partial charge is 0.360 e. The van der Waals surface area contributed by atoms with Gasteiger partial charge in [-0.25, -0.2) is 0 Å². The highest BCUT2D eigenvalue weighted by Crippen LogP contribution is 2.24. The van der Waals surface area contributed by atoms with Gasteiger partial charge < -0.3 is 4.98 Å². The van der Waals surface area contributed by atoms with Gasteiger partial charge in [0.25, 0.3) is 0 Å². The van der Waals surface area contributed by atoms with Crippen LogP contribution in [0, 0.1) is 0 Å². The summed E-state index contributed by atoms with van der Waals surface area (Å²) in [7, 11) is 0. The number of aromatic amines is 1. The molecule has 2 heterocycles. The van der Waals surface area contributed by atoms with Crippen LogP contribution in [-0.4, -0.2) is 36.7 Å². The summed E-state index contributed by atoms with van der Waals surface area (Å²) in [6, 6.07) is 15.9. The van der Waals surface area contributed by atoms with Crippen LogP contribution in [0.3, 0.4) is 0 Å². The lowest BCUT2D eigenvalue weighted by Gasteiger charge is -2.07. The van der Waals surface area contributed by atoms with Gasteiger partial charge in [0.15, 0.2) is 5.78 Å². The van der Waals surface area contributed by atoms with Crippen LogP contribution in [0.5, 0.6) is 0 Å².